The summed E-state index contributed by atoms with van der Waals surface area (Å²) in [4.78, 5) is 22.1. The van der Waals surface area contributed by atoms with E-state index in [9.17, 15) is 9.59 Å². The number of esters is 1. The summed E-state index contributed by atoms with van der Waals surface area (Å²) < 4.78 is 5.01. The van der Waals surface area contributed by atoms with Gasteiger partial charge < -0.3 is 4.74 Å². The van der Waals surface area contributed by atoms with Crippen LogP contribution in [0.5, 0.6) is 0 Å². The van der Waals surface area contributed by atoms with E-state index in [1.807, 2.05) is 13.0 Å². The van der Waals surface area contributed by atoms with E-state index >= 15 is 0 Å². The minimum absolute atomic E-state index is 0.141. The third-order valence-electron chi connectivity index (χ3n) is 4.22. The Labute approximate surface area is 166 Å². The van der Waals surface area contributed by atoms with E-state index in [1.165, 1.54) is 29.2 Å². The van der Waals surface area contributed by atoms with E-state index in [4.69, 9.17) is 4.74 Å². The van der Waals surface area contributed by atoms with Gasteiger partial charge in [-0.2, -0.15) is 0 Å². The van der Waals surface area contributed by atoms with Crippen LogP contribution in [0.25, 0.3) is 0 Å². The van der Waals surface area contributed by atoms with Gasteiger partial charge in [-0.15, -0.1) is 0 Å². The molecule has 152 valence electrons. The van der Waals surface area contributed by atoms with Crippen LogP contribution in [0.3, 0.4) is 0 Å². The van der Waals surface area contributed by atoms with Crippen molar-refractivity contribution in [3.63, 3.8) is 0 Å². The summed E-state index contributed by atoms with van der Waals surface area (Å²) in [7, 11) is 0. The normalized spacial score (nSPS) is 12.7. The van der Waals surface area contributed by atoms with Crippen molar-refractivity contribution in [1.82, 2.24) is 0 Å². The Morgan fingerprint density at radius 1 is 0.667 bits per heavy atom. The van der Waals surface area contributed by atoms with Crippen LogP contribution >= 0.6 is 0 Å². The van der Waals surface area contributed by atoms with E-state index in [2.05, 4.69) is 45.9 Å². The van der Waals surface area contributed by atoms with Crippen LogP contribution in [-0.2, 0) is 14.3 Å². The fourth-order valence-electron chi connectivity index (χ4n) is 2.52. The zero-order chi connectivity index (χ0) is 20.7. The number of Topliss-reactive ketones (excluding diaryl/α,β-unsaturated/α-hetero) is 1. The molecule has 0 heterocycles. The summed E-state index contributed by atoms with van der Waals surface area (Å²) in [5, 5.41) is 0. The van der Waals surface area contributed by atoms with E-state index in [1.54, 1.807) is 0 Å². The number of allylic oxidation sites excluding steroid dienone is 7. The van der Waals surface area contributed by atoms with Gasteiger partial charge >= 0.3 is 5.97 Å². The quantitative estimate of drug-likeness (QED) is 0.206. The van der Waals surface area contributed by atoms with Crippen molar-refractivity contribution in [2.24, 2.45) is 0 Å². The summed E-state index contributed by atoms with van der Waals surface area (Å²) in [5.41, 5.74) is 5.48. The van der Waals surface area contributed by atoms with Crippen LogP contribution in [-0.4, -0.2) is 18.4 Å². The molecule has 0 amide bonds. The smallest absolute Gasteiger partial charge is 0.313 e. The Balaban J connectivity index is 4.03. The Bertz CT molecular complexity index is 585. The summed E-state index contributed by atoms with van der Waals surface area (Å²) in [5.74, 6) is -0.620. The molecule has 0 aliphatic rings. The third kappa shape index (κ3) is 17.3. The molecule has 0 aromatic rings. The molecule has 0 saturated heterocycles. The molecule has 0 bridgehead atoms. The van der Waals surface area contributed by atoms with Crippen LogP contribution in [0, 0.1) is 0 Å². The molecule has 0 N–H and O–H groups in total. The molecule has 0 spiro atoms. The molecule has 27 heavy (non-hydrogen) atoms. The van der Waals surface area contributed by atoms with Crippen molar-refractivity contribution in [3.8, 4) is 0 Å². The molecule has 0 aliphatic heterocycles. The molecule has 0 aromatic carbocycles. The molecule has 0 unspecified atom stereocenters. The van der Waals surface area contributed by atoms with Gasteiger partial charge in [0.2, 0.25) is 0 Å². The van der Waals surface area contributed by atoms with Gasteiger partial charge in [-0.25, -0.2) is 0 Å². The molecule has 0 radical (unpaired) electrons. The zero-order valence-electron chi connectivity index (χ0n) is 18.2. The molecule has 3 heteroatoms. The van der Waals surface area contributed by atoms with Crippen molar-refractivity contribution in [2.75, 3.05) is 6.61 Å². The lowest BCUT2D eigenvalue weighted by Crippen LogP contribution is -2.08. The van der Waals surface area contributed by atoms with Crippen LogP contribution in [0.4, 0.5) is 0 Å². The topological polar surface area (TPSA) is 43.4 Å². The van der Waals surface area contributed by atoms with Crippen LogP contribution in [0.15, 0.2) is 46.6 Å². The van der Waals surface area contributed by atoms with Crippen LogP contribution in [0.1, 0.15) is 86.5 Å². The molecular formula is C24H38O3. The van der Waals surface area contributed by atoms with Gasteiger partial charge in [0.05, 0.1) is 0 Å². The number of ether oxygens (including phenoxy) is 1. The highest BCUT2D eigenvalue weighted by atomic mass is 16.5. The van der Waals surface area contributed by atoms with Gasteiger partial charge in [-0.3, -0.25) is 9.59 Å². The monoisotopic (exact) mass is 374 g/mol. The van der Waals surface area contributed by atoms with Crippen molar-refractivity contribution in [1.29, 1.82) is 0 Å². The molecule has 0 saturated carbocycles. The molecule has 0 rings (SSSR count). The second kappa shape index (κ2) is 15.2. The number of hydrogen-bond acceptors (Lipinski definition) is 3. The van der Waals surface area contributed by atoms with Crippen molar-refractivity contribution >= 4 is 11.8 Å². The average Bonchev–Trinajstić information content (AvgIpc) is 2.53. The fourth-order valence-corrected chi connectivity index (χ4v) is 2.52. The zero-order valence-corrected chi connectivity index (χ0v) is 18.2. The minimum Gasteiger partial charge on any atom is -0.461 e. The van der Waals surface area contributed by atoms with Crippen molar-refractivity contribution in [3.05, 3.63) is 46.6 Å². The molecule has 0 aromatic heterocycles. The number of hydrogen-bond donors (Lipinski definition) is 0. The van der Waals surface area contributed by atoms with Crippen LogP contribution in [0.2, 0.25) is 0 Å². The molecule has 0 fully saturated rings. The number of carbonyl (C=O) groups excluding carboxylic acids is 2. The SMILES string of the molecule is CC(=O)CC(=O)OC/C=C(\C)CC/C=C(\C)CC/C=C(\C)CCC=C(C)C. The Kier molecular flexibility index (Phi) is 14.1. The van der Waals surface area contributed by atoms with E-state index in [0.717, 1.165) is 38.5 Å². The van der Waals surface area contributed by atoms with E-state index < -0.39 is 5.97 Å². The summed E-state index contributed by atoms with van der Waals surface area (Å²) in [6, 6.07) is 0. The predicted molar refractivity (Wildman–Crippen MR) is 115 cm³/mol. The Morgan fingerprint density at radius 3 is 1.56 bits per heavy atom. The highest BCUT2D eigenvalue weighted by Crippen LogP contribution is 2.13. The molecule has 0 aliphatic carbocycles. The van der Waals surface area contributed by atoms with Gasteiger partial charge in [-0.05, 0) is 86.1 Å². The van der Waals surface area contributed by atoms with Gasteiger partial charge in [0, 0.05) is 0 Å². The fraction of sp³-hybridized carbons (Fsp3) is 0.583. The number of carbonyl (C=O) groups is 2. The summed E-state index contributed by atoms with van der Waals surface area (Å²) >= 11 is 0. The standard InChI is InChI=1S/C24H38O3/c1-19(2)10-7-11-20(3)12-8-13-21(4)14-9-15-22(5)16-17-27-24(26)18-23(6)25/h10,12,14,16H,7-9,11,13,15,17-18H2,1-6H3/b20-12+,21-14+,22-16+. The second-order valence-corrected chi connectivity index (χ2v) is 7.61. The maximum Gasteiger partial charge on any atom is 0.313 e. The first kappa shape index (κ1) is 25.1. The highest BCUT2D eigenvalue weighted by molar-refractivity contribution is 5.94. The van der Waals surface area contributed by atoms with Crippen molar-refractivity contribution < 1.29 is 14.3 Å². The first-order chi connectivity index (χ1) is 12.7. The maximum absolute atomic E-state index is 11.3. The first-order valence-electron chi connectivity index (χ1n) is 9.96. The van der Waals surface area contributed by atoms with Gasteiger partial charge in [0.25, 0.3) is 0 Å². The Morgan fingerprint density at radius 2 is 1.11 bits per heavy atom. The van der Waals surface area contributed by atoms with Crippen LogP contribution < -0.4 is 0 Å². The summed E-state index contributed by atoms with van der Waals surface area (Å²) in [6.07, 6.45) is 15.2. The number of rotatable bonds is 13. The average molecular weight is 375 g/mol. The molecule has 0 atom stereocenters. The van der Waals surface area contributed by atoms with Gasteiger partial charge in [-0.1, -0.05) is 40.5 Å². The van der Waals surface area contributed by atoms with Gasteiger partial charge in [0.15, 0.2) is 0 Å². The minimum atomic E-state index is -0.452. The van der Waals surface area contributed by atoms with E-state index in [-0.39, 0.29) is 18.8 Å². The highest BCUT2D eigenvalue weighted by Gasteiger charge is 2.04. The lowest BCUT2D eigenvalue weighted by atomic mass is 10.0. The van der Waals surface area contributed by atoms with E-state index in [0.29, 0.717) is 0 Å². The predicted octanol–water partition coefficient (Wildman–Crippen LogP) is 6.65. The largest absolute Gasteiger partial charge is 0.461 e. The molecular weight excluding hydrogens is 336 g/mol. The third-order valence-corrected chi connectivity index (χ3v) is 4.22. The van der Waals surface area contributed by atoms with Gasteiger partial charge in [0.1, 0.15) is 18.8 Å². The lowest BCUT2D eigenvalue weighted by Gasteiger charge is -2.03. The second-order valence-electron chi connectivity index (χ2n) is 7.61. The number of ketones is 1. The maximum atomic E-state index is 11.3. The molecule has 3 nitrogen and oxygen atoms in total. The Hall–Kier alpha value is -1.90. The lowest BCUT2D eigenvalue weighted by molar-refractivity contribution is -0.144. The summed E-state index contributed by atoms with van der Waals surface area (Å²) in [6.45, 7) is 12.4. The van der Waals surface area contributed by atoms with Crippen molar-refractivity contribution in [2.45, 2.75) is 86.5 Å². The first-order valence-corrected chi connectivity index (χ1v) is 9.96.